The van der Waals surface area contributed by atoms with Crippen LogP contribution in [0.2, 0.25) is 0 Å². The molecule has 5 nitrogen and oxygen atoms in total. The quantitative estimate of drug-likeness (QED) is 0.274. The molecule has 1 aromatic heterocycles. The molecule has 216 valence electrons. The molecule has 0 spiro atoms. The summed E-state index contributed by atoms with van der Waals surface area (Å²) in [6.07, 6.45) is -17.8. The van der Waals surface area contributed by atoms with Crippen LogP contribution in [0, 0.1) is 0 Å². The molecule has 1 aromatic carbocycles. The molecule has 2 heterocycles. The van der Waals surface area contributed by atoms with Crippen LogP contribution in [-0.4, -0.2) is 45.9 Å². The van der Waals surface area contributed by atoms with Crippen molar-refractivity contribution in [2.75, 3.05) is 18.0 Å². The van der Waals surface area contributed by atoms with Crippen molar-refractivity contribution in [3.05, 3.63) is 57.2 Å². The number of aromatic nitrogens is 1. The van der Waals surface area contributed by atoms with E-state index in [-0.39, 0.29) is 41.7 Å². The van der Waals surface area contributed by atoms with Crippen LogP contribution in [-0.2, 0) is 24.3 Å². The number of carbonyl (C=O) groups is 1. The molecule has 2 aromatic rings. The summed E-state index contributed by atoms with van der Waals surface area (Å²) < 4.78 is 124. The second kappa shape index (κ2) is 10.0. The highest BCUT2D eigenvalue weighted by Gasteiger charge is 2.60. The summed E-state index contributed by atoms with van der Waals surface area (Å²) in [5.74, 6) is -0.0163. The summed E-state index contributed by atoms with van der Waals surface area (Å²) >= 11 is 3.18. The maximum Gasteiger partial charge on any atom is 0.416 e. The molecule has 0 radical (unpaired) electrons. The van der Waals surface area contributed by atoms with Gasteiger partial charge in [-0.15, -0.1) is 0 Å². The highest BCUT2D eigenvalue weighted by Crippen LogP contribution is 2.50. The van der Waals surface area contributed by atoms with E-state index in [1.807, 2.05) is 0 Å². The molecular formula is C24H23BrF9N3O2. The normalized spacial score (nSPS) is 18.9. The highest BCUT2D eigenvalue weighted by molar-refractivity contribution is 9.10. The van der Waals surface area contributed by atoms with E-state index in [2.05, 4.69) is 20.9 Å². The fraction of sp³-hybridized carbons (Fsp3) is 0.500. The second-order valence-corrected chi connectivity index (χ2v) is 11.0. The molecule has 1 aliphatic rings. The molecule has 1 unspecified atom stereocenters. The van der Waals surface area contributed by atoms with Crippen molar-refractivity contribution < 1.29 is 49.4 Å². The van der Waals surface area contributed by atoms with Gasteiger partial charge < -0.3 is 10.0 Å². The number of carboxylic acid groups (broad SMARTS) is 1. The number of nitrogens with zero attached hydrogens (tertiary/aromatic N) is 3. The van der Waals surface area contributed by atoms with Crippen molar-refractivity contribution in [3.8, 4) is 0 Å². The van der Waals surface area contributed by atoms with E-state index in [9.17, 15) is 49.4 Å². The number of anilines is 1. The van der Waals surface area contributed by atoms with Crippen molar-refractivity contribution >= 4 is 27.8 Å². The molecule has 1 amide bonds. The number of pyridine rings is 1. The van der Waals surface area contributed by atoms with E-state index in [0.717, 1.165) is 9.80 Å². The third kappa shape index (κ3) is 6.38. The van der Waals surface area contributed by atoms with Gasteiger partial charge >= 0.3 is 24.6 Å². The first-order chi connectivity index (χ1) is 17.6. The Bertz CT molecular complexity index is 1210. The standard InChI is InChI=1S/C24H23BrF9N3O2/c1-20(2,3)37(19(38)39)11-13-4-5-17(35-18(13)25)36-7-6-21(12-36,24(32,33)34)14-8-15(22(26,27)28)10-16(9-14)23(29,30)31/h4-5,8-10H,6-7,11-12H2,1-3H3,(H,38,39). The van der Waals surface area contributed by atoms with Crippen molar-refractivity contribution in [3.63, 3.8) is 0 Å². The lowest BCUT2D eigenvalue weighted by Gasteiger charge is -2.34. The number of rotatable bonds is 4. The molecule has 0 saturated carbocycles. The minimum atomic E-state index is -5.31. The first-order valence-corrected chi connectivity index (χ1v) is 12.1. The monoisotopic (exact) mass is 635 g/mol. The Morgan fingerprint density at radius 2 is 1.54 bits per heavy atom. The molecule has 1 N–H and O–H groups in total. The van der Waals surface area contributed by atoms with Gasteiger partial charge in [-0.05, 0) is 73.0 Å². The molecule has 0 bridgehead atoms. The summed E-state index contributed by atoms with van der Waals surface area (Å²) in [5, 5.41) is 9.50. The van der Waals surface area contributed by atoms with Crippen LogP contribution in [0.5, 0.6) is 0 Å². The zero-order valence-electron chi connectivity index (χ0n) is 20.7. The van der Waals surface area contributed by atoms with Crippen molar-refractivity contribution in [1.29, 1.82) is 0 Å². The number of hydrogen-bond donors (Lipinski definition) is 1. The Morgan fingerprint density at radius 1 is 1.00 bits per heavy atom. The van der Waals surface area contributed by atoms with Gasteiger partial charge in [-0.1, -0.05) is 6.07 Å². The molecule has 39 heavy (non-hydrogen) atoms. The molecule has 15 heteroatoms. The molecular weight excluding hydrogens is 613 g/mol. The Morgan fingerprint density at radius 3 is 1.95 bits per heavy atom. The summed E-state index contributed by atoms with van der Waals surface area (Å²) in [4.78, 5) is 18.1. The average molecular weight is 636 g/mol. The zero-order chi connectivity index (χ0) is 29.8. The van der Waals surface area contributed by atoms with Gasteiger partial charge in [0, 0.05) is 24.2 Å². The lowest BCUT2D eigenvalue weighted by Crippen LogP contribution is -2.45. The fourth-order valence-electron chi connectivity index (χ4n) is 4.38. The van der Waals surface area contributed by atoms with Crippen LogP contribution in [0.3, 0.4) is 0 Å². The zero-order valence-corrected chi connectivity index (χ0v) is 22.3. The topological polar surface area (TPSA) is 56.7 Å². The van der Waals surface area contributed by atoms with Gasteiger partial charge in [-0.2, -0.15) is 39.5 Å². The largest absolute Gasteiger partial charge is 0.465 e. The summed E-state index contributed by atoms with van der Waals surface area (Å²) in [6, 6.07) is 2.78. The Hall–Kier alpha value is -2.71. The van der Waals surface area contributed by atoms with Crippen LogP contribution < -0.4 is 4.90 Å². The Kier molecular flexibility index (Phi) is 7.94. The van der Waals surface area contributed by atoms with E-state index < -0.39 is 65.2 Å². The molecule has 0 aliphatic carbocycles. The van der Waals surface area contributed by atoms with Gasteiger partial charge in [-0.3, -0.25) is 4.90 Å². The van der Waals surface area contributed by atoms with Gasteiger partial charge in [0.05, 0.1) is 17.7 Å². The lowest BCUT2D eigenvalue weighted by atomic mass is 9.77. The molecule has 3 rings (SSSR count). The summed E-state index contributed by atoms with van der Waals surface area (Å²) in [7, 11) is 0. The Balaban J connectivity index is 2.02. The van der Waals surface area contributed by atoms with Gasteiger partial charge in [-0.25, -0.2) is 9.78 Å². The van der Waals surface area contributed by atoms with Gasteiger partial charge in [0.15, 0.2) is 0 Å². The molecule has 1 aliphatic heterocycles. The van der Waals surface area contributed by atoms with E-state index in [4.69, 9.17) is 0 Å². The van der Waals surface area contributed by atoms with E-state index in [1.54, 1.807) is 20.8 Å². The third-order valence-electron chi connectivity index (χ3n) is 6.56. The van der Waals surface area contributed by atoms with Crippen LogP contribution >= 0.6 is 15.9 Å². The molecule has 1 atom stereocenters. The lowest BCUT2D eigenvalue weighted by molar-refractivity contribution is -0.185. The minimum absolute atomic E-state index is 0.0163. The second-order valence-electron chi connectivity index (χ2n) is 10.2. The van der Waals surface area contributed by atoms with Crippen LogP contribution in [0.1, 0.15) is 49.4 Å². The van der Waals surface area contributed by atoms with E-state index in [1.165, 1.54) is 12.1 Å². The van der Waals surface area contributed by atoms with Crippen LogP contribution in [0.15, 0.2) is 34.9 Å². The van der Waals surface area contributed by atoms with Crippen LogP contribution in [0.4, 0.5) is 50.1 Å². The van der Waals surface area contributed by atoms with E-state index in [0.29, 0.717) is 5.56 Å². The number of amides is 1. The van der Waals surface area contributed by atoms with Gasteiger partial charge in [0.1, 0.15) is 15.8 Å². The summed E-state index contributed by atoms with van der Waals surface area (Å²) in [6.45, 7) is 3.54. The maximum atomic E-state index is 14.4. The number of hydrogen-bond acceptors (Lipinski definition) is 3. The average Bonchev–Trinajstić information content (AvgIpc) is 3.22. The number of alkyl halides is 9. The summed E-state index contributed by atoms with van der Waals surface area (Å²) in [5.41, 5.74) is -8.23. The fourth-order valence-corrected chi connectivity index (χ4v) is 4.82. The third-order valence-corrected chi connectivity index (χ3v) is 7.24. The SMILES string of the molecule is CC(C)(C)N(Cc1ccc(N2CCC(c3cc(C(F)(F)F)cc(C(F)(F)F)c3)(C(F)(F)F)C2)nc1Br)C(=O)O. The van der Waals surface area contributed by atoms with Gasteiger partial charge in [0.25, 0.3) is 0 Å². The Labute approximate surface area is 225 Å². The van der Waals surface area contributed by atoms with Gasteiger partial charge in [0.2, 0.25) is 0 Å². The minimum Gasteiger partial charge on any atom is -0.465 e. The first kappa shape index (κ1) is 30.8. The smallest absolute Gasteiger partial charge is 0.416 e. The van der Waals surface area contributed by atoms with Crippen molar-refractivity contribution in [2.24, 2.45) is 0 Å². The number of benzene rings is 1. The van der Waals surface area contributed by atoms with E-state index >= 15 is 0 Å². The predicted molar refractivity (Wildman–Crippen MR) is 126 cm³/mol. The highest BCUT2D eigenvalue weighted by atomic mass is 79.9. The molecule has 1 fully saturated rings. The maximum absolute atomic E-state index is 14.4. The van der Waals surface area contributed by atoms with Crippen LogP contribution in [0.25, 0.3) is 0 Å². The molecule has 1 saturated heterocycles. The number of halogens is 10. The predicted octanol–water partition coefficient (Wildman–Crippen LogP) is 7.87. The first-order valence-electron chi connectivity index (χ1n) is 11.3. The van der Waals surface area contributed by atoms with Crippen molar-refractivity contribution in [1.82, 2.24) is 9.88 Å². The van der Waals surface area contributed by atoms with Crippen molar-refractivity contribution in [2.45, 2.75) is 63.2 Å².